The smallest absolute Gasteiger partial charge is 0.339 e. The molecule has 0 spiro atoms. The molecule has 4 nitrogen and oxygen atoms in total. The summed E-state index contributed by atoms with van der Waals surface area (Å²) in [4.78, 5) is 18.1. The van der Waals surface area contributed by atoms with Gasteiger partial charge in [0.25, 0.3) is 0 Å². The van der Waals surface area contributed by atoms with Crippen LogP contribution < -0.4 is 4.84 Å². The summed E-state index contributed by atoms with van der Waals surface area (Å²) < 4.78 is 6.68. The van der Waals surface area contributed by atoms with Crippen LogP contribution in [0.15, 0.2) is 36.4 Å². The molecule has 2 aromatic rings. The molecule has 3 rings (SSSR count). The van der Waals surface area contributed by atoms with Gasteiger partial charge in [-0.25, -0.2) is 4.79 Å². The highest BCUT2D eigenvalue weighted by Crippen LogP contribution is 2.39. The number of hydrogen-bond donors (Lipinski definition) is 0. The zero-order chi connectivity index (χ0) is 15.9. The first-order chi connectivity index (χ1) is 10.4. The normalized spacial score (nSPS) is 19.2. The molecule has 0 N–H and O–H groups in total. The maximum absolute atomic E-state index is 12.0. The summed E-state index contributed by atoms with van der Waals surface area (Å²) in [7, 11) is 1.40. The van der Waals surface area contributed by atoms with E-state index in [-0.39, 0.29) is 17.5 Å². The molecular formula is C18H21NO3. The second-order valence-electron chi connectivity index (χ2n) is 6.37. The van der Waals surface area contributed by atoms with E-state index in [0.29, 0.717) is 5.56 Å². The van der Waals surface area contributed by atoms with Crippen molar-refractivity contribution >= 4 is 5.97 Å². The molecule has 1 aromatic carbocycles. The molecule has 22 heavy (non-hydrogen) atoms. The maximum Gasteiger partial charge on any atom is 0.339 e. The molecule has 0 saturated heterocycles. The molecule has 2 heterocycles. The van der Waals surface area contributed by atoms with Gasteiger partial charge in [-0.05, 0) is 32.4 Å². The summed E-state index contributed by atoms with van der Waals surface area (Å²) in [5.74, 6) is -0.130. The Hall–Kier alpha value is -2.23. The van der Waals surface area contributed by atoms with Crippen molar-refractivity contribution in [3.05, 3.63) is 58.9 Å². The summed E-state index contributed by atoms with van der Waals surface area (Å²) in [5.41, 5.74) is 3.29. The number of esters is 1. The highest BCUT2D eigenvalue weighted by atomic mass is 16.7. The van der Waals surface area contributed by atoms with Gasteiger partial charge in [0.15, 0.2) is 0 Å². The van der Waals surface area contributed by atoms with Gasteiger partial charge in [-0.15, -0.1) is 0 Å². The number of benzene rings is 1. The molecule has 1 aliphatic heterocycles. The van der Waals surface area contributed by atoms with Crippen molar-refractivity contribution in [3.8, 4) is 0 Å². The van der Waals surface area contributed by atoms with Crippen LogP contribution >= 0.6 is 0 Å². The average molecular weight is 299 g/mol. The molecule has 4 heteroatoms. The minimum atomic E-state index is -0.326. The van der Waals surface area contributed by atoms with Crippen LogP contribution in [0.1, 0.15) is 53.5 Å². The Morgan fingerprint density at radius 1 is 1.32 bits per heavy atom. The molecular weight excluding hydrogens is 278 g/mol. The molecule has 1 aromatic heterocycles. The molecule has 1 unspecified atom stereocenters. The third-order valence-electron chi connectivity index (χ3n) is 4.22. The van der Waals surface area contributed by atoms with E-state index < -0.39 is 0 Å². The standard InChI is InChI=1S/C18H21NO3/c1-12-14(17(20)21-4)10-16-15(13-8-6-5-7-9-13)11-18(2,3)22-19(12)16/h5-10,15H,11H2,1-4H3. The SMILES string of the molecule is COC(=O)c1cc2n(c1C)OC(C)(C)CC2c1ccccc1. The van der Waals surface area contributed by atoms with Gasteiger partial charge in [0.2, 0.25) is 0 Å². The van der Waals surface area contributed by atoms with Crippen LogP contribution in [0.4, 0.5) is 0 Å². The zero-order valence-electron chi connectivity index (χ0n) is 13.4. The Balaban J connectivity index is 2.14. The molecule has 0 bridgehead atoms. The van der Waals surface area contributed by atoms with Crippen LogP contribution in [0.5, 0.6) is 0 Å². The Labute approximate surface area is 130 Å². The van der Waals surface area contributed by atoms with E-state index in [9.17, 15) is 4.79 Å². The van der Waals surface area contributed by atoms with E-state index in [1.54, 1.807) is 4.73 Å². The number of carbonyl (C=O) groups is 1. The highest BCUT2D eigenvalue weighted by Gasteiger charge is 2.37. The molecule has 0 radical (unpaired) electrons. The summed E-state index contributed by atoms with van der Waals surface area (Å²) in [6.07, 6.45) is 0.862. The predicted octanol–water partition coefficient (Wildman–Crippen LogP) is 3.33. The third kappa shape index (κ3) is 2.39. The fourth-order valence-corrected chi connectivity index (χ4v) is 3.15. The largest absolute Gasteiger partial charge is 0.465 e. The van der Waals surface area contributed by atoms with Gasteiger partial charge in [0.05, 0.1) is 24.1 Å². The first-order valence-electron chi connectivity index (χ1n) is 7.48. The summed E-state index contributed by atoms with van der Waals surface area (Å²) in [6, 6.07) is 12.2. The number of methoxy groups -OCH3 is 1. The highest BCUT2D eigenvalue weighted by molar-refractivity contribution is 5.91. The molecule has 0 amide bonds. The minimum Gasteiger partial charge on any atom is -0.465 e. The van der Waals surface area contributed by atoms with Gasteiger partial charge < -0.3 is 9.57 Å². The van der Waals surface area contributed by atoms with Crippen molar-refractivity contribution < 1.29 is 14.4 Å². The van der Waals surface area contributed by atoms with Gasteiger partial charge >= 0.3 is 5.97 Å². The number of aromatic nitrogens is 1. The van der Waals surface area contributed by atoms with E-state index in [4.69, 9.17) is 9.57 Å². The van der Waals surface area contributed by atoms with Crippen molar-refractivity contribution in [2.45, 2.75) is 38.7 Å². The van der Waals surface area contributed by atoms with E-state index in [0.717, 1.165) is 17.8 Å². The van der Waals surface area contributed by atoms with Crippen molar-refractivity contribution in [1.82, 2.24) is 4.73 Å². The summed E-state index contributed by atoms with van der Waals surface area (Å²) in [5, 5.41) is 0. The first-order valence-corrected chi connectivity index (χ1v) is 7.48. The summed E-state index contributed by atoms with van der Waals surface area (Å²) in [6.45, 7) is 6.03. The van der Waals surface area contributed by atoms with E-state index in [2.05, 4.69) is 26.0 Å². The van der Waals surface area contributed by atoms with Crippen LogP contribution in [0, 0.1) is 6.92 Å². The van der Waals surface area contributed by atoms with Crippen molar-refractivity contribution in [1.29, 1.82) is 0 Å². The van der Waals surface area contributed by atoms with Crippen LogP contribution in [0.3, 0.4) is 0 Å². The number of fused-ring (bicyclic) bond motifs is 1. The molecule has 0 aliphatic carbocycles. The predicted molar refractivity (Wildman–Crippen MR) is 84.1 cm³/mol. The Morgan fingerprint density at radius 3 is 2.64 bits per heavy atom. The number of ether oxygens (including phenoxy) is 1. The Morgan fingerprint density at radius 2 is 2.00 bits per heavy atom. The van der Waals surface area contributed by atoms with Gasteiger partial charge in [0, 0.05) is 12.3 Å². The van der Waals surface area contributed by atoms with Crippen LogP contribution in [0.2, 0.25) is 0 Å². The molecule has 0 fully saturated rings. The maximum atomic E-state index is 12.0. The lowest BCUT2D eigenvalue weighted by Crippen LogP contribution is -2.42. The number of carbonyl (C=O) groups excluding carboxylic acids is 1. The van der Waals surface area contributed by atoms with Gasteiger partial charge in [-0.3, -0.25) is 0 Å². The van der Waals surface area contributed by atoms with Gasteiger partial charge in [0.1, 0.15) is 5.60 Å². The molecule has 1 atom stereocenters. The lowest BCUT2D eigenvalue weighted by molar-refractivity contribution is -0.0624. The van der Waals surface area contributed by atoms with Gasteiger partial charge in [-0.2, -0.15) is 4.73 Å². The first kappa shape index (κ1) is 14.7. The van der Waals surface area contributed by atoms with Crippen molar-refractivity contribution in [2.24, 2.45) is 0 Å². The minimum absolute atomic E-state index is 0.196. The molecule has 116 valence electrons. The van der Waals surface area contributed by atoms with Crippen molar-refractivity contribution in [2.75, 3.05) is 7.11 Å². The second kappa shape index (κ2) is 5.20. The third-order valence-corrected chi connectivity index (χ3v) is 4.22. The number of rotatable bonds is 2. The fourth-order valence-electron chi connectivity index (χ4n) is 3.15. The Bertz CT molecular complexity index is 701. The lowest BCUT2D eigenvalue weighted by atomic mass is 9.84. The summed E-state index contributed by atoms with van der Waals surface area (Å²) >= 11 is 0. The van der Waals surface area contributed by atoms with Crippen molar-refractivity contribution in [3.63, 3.8) is 0 Å². The topological polar surface area (TPSA) is 40.5 Å². The fraction of sp³-hybridized carbons (Fsp3) is 0.389. The molecule has 0 saturated carbocycles. The quantitative estimate of drug-likeness (QED) is 0.799. The number of hydrogen-bond acceptors (Lipinski definition) is 3. The van der Waals surface area contributed by atoms with Crippen LogP contribution in [-0.2, 0) is 4.74 Å². The number of nitrogens with zero attached hydrogens (tertiary/aromatic N) is 1. The lowest BCUT2D eigenvalue weighted by Gasteiger charge is -2.37. The monoisotopic (exact) mass is 299 g/mol. The Kier molecular flexibility index (Phi) is 3.47. The zero-order valence-corrected chi connectivity index (χ0v) is 13.4. The van der Waals surface area contributed by atoms with E-state index in [1.807, 2.05) is 31.2 Å². The molecule has 1 aliphatic rings. The average Bonchev–Trinajstić information content (AvgIpc) is 2.83. The van der Waals surface area contributed by atoms with Crippen LogP contribution in [0.25, 0.3) is 0 Å². The van der Waals surface area contributed by atoms with Crippen LogP contribution in [-0.4, -0.2) is 23.4 Å². The van der Waals surface area contributed by atoms with E-state index in [1.165, 1.54) is 12.7 Å². The van der Waals surface area contributed by atoms with Gasteiger partial charge in [-0.1, -0.05) is 30.3 Å². The van der Waals surface area contributed by atoms with E-state index >= 15 is 0 Å². The second-order valence-corrected chi connectivity index (χ2v) is 6.37.